The second-order valence-electron chi connectivity index (χ2n) is 4.48. The molecule has 2 atom stereocenters. The molecule has 0 aromatic heterocycles. The van der Waals surface area contributed by atoms with Crippen LogP contribution in [0, 0.1) is 11.8 Å². The molecule has 2 unspecified atom stereocenters. The van der Waals surface area contributed by atoms with Gasteiger partial charge in [0.05, 0.1) is 5.92 Å². The van der Waals surface area contributed by atoms with Gasteiger partial charge in [0, 0.05) is 20.0 Å². The number of carbonyl (C=O) groups excluding carboxylic acids is 1. The minimum atomic E-state index is -0.861. The fourth-order valence-corrected chi connectivity index (χ4v) is 1.84. The van der Waals surface area contributed by atoms with Gasteiger partial charge in [0.2, 0.25) is 5.91 Å². The van der Waals surface area contributed by atoms with Crippen molar-refractivity contribution < 1.29 is 14.7 Å². The third-order valence-electron chi connectivity index (χ3n) is 2.94. The summed E-state index contributed by atoms with van der Waals surface area (Å²) in [5.41, 5.74) is 0. The average Bonchev–Trinajstić information content (AvgIpc) is 2.69. The number of carboxylic acid groups (broad SMARTS) is 1. The summed E-state index contributed by atoms with van der Waals surface area (Å²) in [5.74, 6) is -0.992. The summed E-state index contributed by atoms with van der Waals surface area (Å²) in [6.45, 7) is 1.90. The minimum Gasteiger partial charge on any atom is -0.481 e. The molecular formula is C12H19NO3. The number of amides is 1. The largest absolute Gasteiger partial charge is 0.481 e. The minimum absolute atomic E-state index is 0.0321. The molecule has 0 spiro atoms. The van der Waals surface area contributed by atoms with E-state index < -0.39 is 11.9 Å². The Balaban J connectivity index is 2.35. The molecule has 1 amide bonds. The van der Waals surface area contributed by atoms with Crippen LogP contribution in [-0.2, 0) is 9.59 Å². The van der Waals surface area contributed by atoms with Crippen LogP contribution in [0.5, 0.6) is 0 Å². The lowest BCUT2D eigenvalue weighted by atomic mass is 10.0. The normalized spacial score (nSPS) is 20.8. The molecule has 0 saturated carbocycles. The Morgan fingerprint density at radius 2 is 2.25 bits per heavy atom. The van der Waals surface area contributed by atoms with Crippen molar-refractivity contribution in [2.24, 2.45) is 11.8 Å². The Morgan fingerprint density at radius 1 is 1.56 bits per heavy atom. The Labute approximate surface area is 95.9 Å². The first-order chi connectivity index (χ1) is 7.50. The SMILES string of the molecule is CC(CN(C)C(=O)CC1C=CCC1)C(=O)O. The highest BCUT2D eigenvalue weighted by atomic mass is 16.4. The van der Waals surface area contributed by atoms with Crippen LogP contribution in [-0.4, -0.2) is 35.5 Å². The van der Waals surface area contributed by atoms with E-state index in [-0.39, 0.29) is 12.5 Å². The molecule has 1 aliphatic carbocycles. The van der Waals surface area contributed by atoms with E-state index in [2.05, 4.69) is 12.2 Å². The lowest BCUT2D eigenvalue weighted by Crippen LogP contribution is -2.34. The van der Waals surface area contributed by atoms with Crippen LogP contribution in [0.3, 0.4) is 0 Å². The van der Waals surface area contributed by atoms with E-state index in [0.29, 0.717) is 12.3 Å². The second-order valence-corrected chi connectivity index (χ2v) is 4.48. The van der Waals surface area contributed by atoms with Gasteiger partial charge in [-0.05, 0) is 18.8 Å². The third-order valence-corrected chi connectivity index (χ3v) is 2.94. The first-order valence-corrected chi connectivity index (χ1v) is 5.64. The van der Waals surface area contributed by atoms with Gasteiger partial charge in [0.15, 0.2) is 0 Å². The van der Waals surface area contributed by atoms with Crippen molar-refractivity contribution in [3.8, 4) is 0 Å². The smallest absolute Gasteiger partial charge is 0.308 e. The molecule has 0 aromatic carbocycles. The first kappa shape index (κ1) is 12.7. The molecule has 0 heterocycles. The molecule has 0 aliphatic heterocycles. The van der Waals surface area contributed by atoms with Gasteiger partial charge in [0.25, 0.3) is 0 Å². The molecule has 0 aromatic rings. The summed E-state index contributed by atoms with van der Waals surface area (Å²) in [7, 11) is 1.67. The van der Waals surface area contributed by atoms with Gasteiger partial charge in [-0.3, -0.25) is 9.59 Å². The molecule has 1 rings (SSSR count). The fraction of sp³-hybridized carbons (Fsp3) is 0.667. The zero-order valence-electron chi connectivity index (χ0n) is 9.85. The quantitative estimate of drug-likeness (QED) is 0.722. The van der Waals surface area contributed by atoms with E-state index in [4.69, 9.17) is 5.11 Å². The average molecular weight is 225 g/mol. The molecule has 0 fully saturated rings. The van der Waals surface area contributed by atoms with Crippen LogP contribution in [0.15, 0.2) is 12.2 Å². The first-order valence-electron chi connectivity index (χ1n) is 5.64. The van der Waals surface area contributed by atoms with Crippen LogP contribution in [0.1, 0.15) is 26.2 Å². The molecule has 4 nitrogen and oxygen atoms in total. The van der Waals surface area contributed by atoms with Crippen LogP contribution >= 0.6 is 0 Å². The molecule has 1 N–H and O–H groups in total. The van der Waals surface area contributed by atoms with Gasteiger partial charge >= 0.3 is 5.97 Å². The predicted octanol–water partition coefficient (Wildman–Crippen LogP) is 1.52. The van der Waals surface area contributed by atoms with E-state index in [1.807, 2.05) is 0 Å². The van der Waals surface area contributed by atoms with E-state index in [9.17, 15) is 9.59 Å². The Hall–Kier alpha value is -1.32. The molecule has 0 radical (unpaired) electrons. The number of hydrogen-bond donors (Lipinski definition) is 1. The van der Waals surface area contributed by atoms with Crippen LogP contribution < -0.4 is 0 Å². The predicted molar refractivity (Wildman–Crippen MR) is 60.9 cm³/mol. The Kier molecular flexibility index (Phi) is 4.52. The molecule has 16 heavy (non-hydrogen) atoms. The highest BCUT2D eigenvalue weighted by Gasteiger charge is 2.20. The van der Waals surface area contributed by atoms with Crippen molar-refractivity contribution in [2.45, 2.75) is 26.2 Å². The van der Waals surface area contributed by atoms with Gasteiger partial charge in [0.1, 0.15) is 0 Å². The Bertz CT molecular complexity index is 299. The van der Waals surface area contributed by atoms with Crippen LogP contribution in [0.4, 0.5) is 0 Å². The summed E-state index contributed by atoms with van der Waals surface area (Å²) in [5, 5.41) is 8.75. The molecule has 4 heteroatoms. The van der Waals surface area contributed by atoms with E-state index in [1.165, 1.54) is 4.90 Å². The van der Waals surface area contributed by atoms with Crippen molar-refractivity contribution in [1.82, 2.24) is 4.90 Å². The van der Waals surface area contributed by atoms with Gasteiger partial charge in [-0.2, -0.15) is 0 Å². The molecule has 90 valence electrons. The van der Waals surface area contributed by atoms with Crippen molar-refractivity contribution >= 4 is 11.9 Å². The summed E-state index contributed by atoms with van der Waals surface area (Å²) < 4.78 is 0. The van der Waals surface area contributed by atoms with Gasteiger partial charge < -0.3 is 10.0 Å². The molecule has 1 aliphatic rings. The maximum atomic E-state index is 11.8. The molecular weight excluding hydrogens is 206 g/mol. The number of allylic oxidation sites excluding steroid dienone is 2. The fourth-order valence-electron chi connectivity index (χ4n) is 1.84. The highest BCUT2D eigenvalue weighted by Crippen LogP contribution is 2.21. The maximum Gasteiger partial charge on any atom is 0.308 e. The standard InChI is InChI=1S/C12H19NO3/c1-9(12(15)16)8-13(2)11(14)7-10-5-3-4-6-10/h3,5,9-10H,4,6-8H2,1-2H3,(H,15,16). The lowest BCUT2D eigenvalue weighted by molar-refractivity contribution is -0.142. The Morgan fingerprint density at radius 3 is 2.75 bits per heavy atom. The van der Waals surface area contributed by atoms with Gasteiger partial charge in [-0.1, -0.05) is 19.1 Å². The number of carbonyl (C=O) groups is 2. The van der Waals surface area contributed by atoms with E-state index >= 15 is 0 Å². The van der Waals surface area contributed by atoms with Crippen LogP contribution in [0.2, 0.25) is 0 Å². The van der Waals surface area contributed by atoms with Gasteiger partial charge in [-0.25, -0.2) is 0 Å². The monoisotopic (exact) mass is 225 g/mol. The van der Waals surface area contributed by atoms with Crippen molar-refractivity contribution in [3.05, 3.63) is 12.2 Å². The summed E-state index contributed by atoms with van der Waals surface area (Å²) in [6, 6.07) is 0. The van der Waals surface area contributed by atoms with Crippen LogP contribution in [0.25, 0.3) is 0 Å². The van der Waals surface area contributed by atoms with E-state index in [0.717, 1.165) is 12.8 Å². The highest BCUT2D eigenvalue weighted by molar-refractivity contribution is 5.77. The lowest BCUT2D eigenvalue weighted by Gasteiger charge is -2.20. The number of hydrogen-bond acceptors (Lipinski definition) is 2. The summed E-state index contributed by atoms with van der Waals surface area (Å²) >= 11 is 0. The van der Waals surface area contributed by atoms with Crippen molar-refractivity contribution in [3.63, 3.8) is 0 Å². The second kappa shape index (κ2) is 5.68. The molecule has 0 saturated heterocycles. The van der Waals surface area contributed by atoms with Gasteiger partial charge in [-0.15, -0.1) is 0 Å². The maximum absolute atomic E-state index is 11.8. The van der Waals surface area contributed by atoms with Crippen molar-refractivity contribution in [1.29, 1.82) is 0 Å². The van der Waals surface area contributed by atoms with E-state index in [1.54, 1.807) is 14.0 Å². The number of nitrogens with zero attached hydrogens (tertiary/aromatic N) is 1. The third kappa shape index (κ3) is 3.68. The summed E-state index contributed by atoms with van der Waals surface area (Å²) in [6.07, 6.45) is 6.75. The number of carboxylic acids is 1. The van der Waals surface area contributed by atoms with Crippen molar-refractivity contribution in [2.75, 3.05) is 13.6 Å². The number of aliphatic carboxylic acids is 1. The summed E-state index contributed by atoms with van der Waals surface area (Å²) in [4.78, 5) is 23.9. The zero-order chi connectivity index (χ0) is 12.1. The number of rotatable bonds is 5. The topological polar surface area (TPSA) is 57.6 Å². The zero-order valence-corrected chi connectivity index (χ0v) is 9.85. The molecule has 0 bridgehead atoms.